The molecule has 3 heterocycles. The third-order valence-corrected chi connectivity index (χ3v) is 6.66. The van der Waals surface area contributed by atoms with E-state index in [2.05, 4.69) is 36.8 Å². The van der Waals surface area contributed by atoms with Gasteiger partial charge in [0.2, 0.25) is 5.91 Å². The van der Waals surface area contributed by atoms with Gasteiger partial charge in [0.25, 0.3) is 0 Å². The van der Waals surface area contributed by atoms with Gasteiger partial charge in [0.1, 0.15) is 5.82 Å². The minimum atomic E-state index is 0.407. The Morgan fingerprint density at radius 1 is 1.12 bits per heavy atom. The maximum absolute atomic E-state index is 12.6. The first-order valence-corrected chi connectivity index (χ1v) is 10.1. The van der Waals surface area contributed by atoms with Gasteiger partial charge in [-0.25, -0.2) is 4.98 Å². The fourth-order valence-corrected chi connectivity index (χ4v) is 4.97. The highest BCUT2D eigenvalue weighted by molar-refractivity contribution is 9.10. The van der Waals surface area contributed by atoms with Crippen LogP contribution in [-0.4, -0.2) is 42.0 Å². The van der Waals surface area contributed by atoms with E-state index in [-0.39, 0.29) is 0 Å². The molecular weight excluding hydrogens is 366 g/mol. The first-order chi connectivity index (χ1) is 11.7. The molecule has 0 spiro atoms. The van der Waals surface area contributed by atoms with Gasteiger partial charge in [0.15, 0.2) is 0 Å². The Kier molecular flexibility index (Phi) is 4.79. The number of halogens is 1. The smallest absolute Gasteiger partial charge is 0.222 e. The summed E-state index contributed by atoms with van der Waals surface area (Å²) in [6.45, 7) is 4.09. The van der Waals surface area contributed by atoms with E-state index in [4.69, 9.17) is 0 Å². The van der Waals surface area contributed by atoms with Gasteiger partial charge < -0.3 is 9.80 Å². The summed E-state index contributed by atoms with van der Waals surface area (Å²) in [4.78, 5) is 21.6. The van der Waals surface area contributed by atoms with E-state index in [0.717, 1.165) is 67.6 Å². The minimum Gasteiger partial charge on any atom is -0.357 e. The van der Waals surface area contributed by atoms with Crippen LogP contribution in [0.2, 0.25) is 0 Å². The number of carbonyl (C=O) groups excluding carboxylic acids is 1. The Hall–Kier alpha value is -1.10. The molecule has 24 heavy (non-hydrogen) atoms. The van der Waals surface area contributed by atoms with Gasteiger partial charge in [-0.3, -0.25) is 4.79 Å². The zero-order chi connectivity index (χ0) is 16.5. The number of piperidine rings is 1. The third kappa shape index (κ3) is 3.46. The number of hydrogen-bond acceptors (Lipinski definition) is 3. The van der Waals surface area contributed by atoms with Gasteiger partial charge in [-0.05, 0) is 71.5 Å². The zero-order valence-electron chi connectivity index (χ0n) is 14.2. The Morgan fingerprint density at radius 2 is 1.83 bits per heavy atom. The first kappa shape index (κ1) is 16.4. The third-order valence-electron chi connectivity index (χ3n) is 6.19. The molecule has 5 heteroatoms. The summed E-state index contributed by atoms with van der Waals surface area (Å²) < 4.78 is 1.02. The Balaban J connectivity index is 1.26. The lowest BCUT2D eigenvalue weighted by Crippen LogP contribution is -2.37. The summed E-state index contributed by atoms with van der Waals surface area (Å²) >= 11 is 3.43. The molecule has 2 atom stereocenters. The molecule has 1 amide bonds. The number of nitrogens with zero attached hydrogens (tertiary/aromatic N) is 3. The summed E-state index contributed by atoms with van der Waals surface area (Å²) in [7, 11) is 0. The Bertz CT molecular complexity index is 571. The van der Waals surface area contributed by atoms with Crippen molar-refractivity contribution in [2.75, 3.05) is 31.1 Å². The molecule has 2 aliphatic heterocycles. The van der Waals surface area contributed by atoms with Crippen LogP contribution in [0.3, 0.4) is 0 Å². The van der Waals surface area contributed by atoms with E-state index in [0.29, 0.717) is 11.8 Å². The molecule has 4 nitrogen and oxygen atoms in total. The maximum Gasteiger partial charge on any atom is 0.222 e. The highest BCUT2D eigenvalue weighted by atomic mass is 79.9. The SMILES string of the molecule is O=C(CC1CCN(c2ccc(Br)cn2)CC1)N1CC2CCCC2C1. The highest BCUT2D eigenvalue weighted by Gasteiger charge is 2.38. The number of carbonyl (C=O) groups is 1. The van der Waals surface area contributed by atoms with Crippen molar-refractivity contribution in [1.82, 2.24) is 9.88 Å². The number of fused-ring (bicyclic) bond motifs is 1. The number of likely N-dealkylation sites (tertiary alicyclic amines) is 1. The molecule has 1 saturated carbocycles. The number of anilines is 1. The van der Waals surface area contributed by atoms with Crippen LogP contribution in [0.1, 0.15) is 38.5 Å². The molecule has 2 saturated heterocycles. The Morgan fingerprint density at radius 3 is 2.46 bits per heavy atom. The largest absolute Gasteiger partial charge is 0.357 e. The summed E-state index contributed by atoms with van der Waals surface area (Å²) in [5, 5.41) is 0. The summed E-state index contributed by atoms with van der Waals surface area (Å²) in [6.07, 6.45) is 8.87. The lowest BCUT2D eigenvalue weighted by atomic mass is 9.93. The molecule has 2 unspecified atom stereocenters. The average Bonchev–Trinajstić information content (AvgIpc) is 3.18. The molecule has 0 aromatic carbocycles. The lowest BCUT2D eigenvalue weighted by Gasteiger charge is -2.33. The summed E-state index contributed by atoms with van der Waals surface area (Å²) in [5.41, 5.74) is 0. The fraction of sp³-hybridized carbons (Fsp3) is 0.684. The number of pyridine rings is 1. The van der Waals surface area contributed by atoms with Gasteiger partial charge in [0.05, 0.1) is 0 Å². The molecular formula is C19H26BrN3O. The van der Waals surface area contributed by atoms with Crippen molar-refractivity contribution in [3.63, 3.8) is 0 Å². The molecule has 130 valence electrons. The molecule has 0 radical (unpaired) electrons. The van der Waals surface area contributed by atoms with Crippen molar-refractivity contribution in [3.05, 3.63) is 22.8 Å². The van der Waals surface area contributed by atoms with Gasteiger partial charge in [-0.15, -0.1) is 0 Å². The highest BCUT2D eigenvalue weighted by Crippen LogP contribution is 2.38. The van der Waals surface area contributed by atoms with Gasteiger partial charge >= 0.3 is 0 Å². The van der Waals surface area contributed by atoms with E-state index >= 15 is 0 Å². The van der Waals surface area contributed by atoms with Crippen molar-refractivity contribution in [2.45, 2.75) is 38.5 Å². The van der Waals surface area contributed by atoms with Gasteiger partial charge in [-0.2, -0.15) is 0 Å². The molecule has 4 rings (SSSR count). The second-order valence-electron chi connectivity index (χ2n) is 7.72. The van der Waals surface area contributed by atoms with Crippen LogP contribution in [0.15, 0.2) is 22.8 Å². The average molecular weight is 392 g/mol. The molecule has 0 N–H and O–H groups in total. The topological polar surface area (TPSA) is 36.4 Å². The molecule has 1 aliphatic carbocycles. The monoisotopic (exact) mass is 391 g/mol. The van der Waals surface area contributed by atoms with Crippen molar-refractivity contribution >= 4 is 27.7 Å². The standard InChI is InChI=1S/C19H26BrN3O/c20-17-4-5-18(21-11-17)22-8-6-14(7-9-22)10-19(24)23-12-15-2-1-3-16(15)13-23/h4-5,11,14-16H,1-3,6-10,12-13H2. The normalized spacial score (nSPS) is 27.5. The van der Waals surface area contributed by atoms with Crippen LogP contribution >= 0.6 is 15.9 Å². The Labute approximate surface area is 152 Å². The second-order valence-corrected chi connectivity index (χ2v) is 8.63. The molecule has 3 aliphatic rings. The lowest BCUT2D eigenvalue weighted by molar-refractivity contribution is -0.131. The van der Waals surface area contributed by atoms with Crippen molar-refractivity contribution in [3.8, 4) is 0 Å². The first-order valence-electron chi connectivity index (χ1n) is 9.33. The molecule has 1 aromatic heterocycles. The van der Waals surface area contributed by atoms with Crippen LogP contribution in [0, 0.1) is 17.8 Å². The van der Waals surface area contributed by atoms with E-state index in [1.807, 2.05) is 12.3 Å². The van der Waals surface area contributed by atoms with E-state index < -0.39 is 0 Å². The molecule has 0 bridgehead atoms. The predicted molar refractivity (Wildman–Crippen MR) is 98.9 cm³/mol. The van der Waals surface area contributed by atoms with Crippen LogP contribution in [0.4, 0.5) is 5.82 Å². The zero-order valence-corrected chi connectivity index (χ0v) is 15.7. The van der Waals surface area contributed by atoms with E-state index in [1.54, 1.807) is 0 Å². The quantitative estimate of drug-likeness (QED) is 0.787. The molecule has 3 fully saturated rings. The van der Waals surface area contributed by atoms with Crippen LogP contribution in [0.25, 0.3) is 0 Å². The summed E-state index contributed by atoms with van der Waals surface area (Å²) in [5.74, 6) is 3.61. The van der Waals surface area contributed by atoms with Crippen molar-refractivity contribution < 1.29 is 4.79 Å². The minimum absolute atomic E-state index is 0.407. The van der Waals surface area contributed by atoms with Crippen LogP contribution in [-0.2, 0) is 4.79 Å². The van der Waals surface area contributed by atoms with E-state index in [1.165, 1.54) is 19.3 Å². The van der Waals surface area contributed by atoms with Gasteiger partial charge in [-0.1, -0.05) is 6.42 Å². The van der Waals surface area contributed by atoms with Crippen LogP contribution in [0.5, 0.6) is 0 Å². The number of rotatable bonds is 3. The maximum atomic E-state index is 12.6. The van der Waals surface area contributed by atoms with Gasteiger partial charge in [0, 0.05) is 43.3 Å². The van der Waals surface area contributed by atoms with Crippen molar-refractivity contribution in [2.24, 2.45) is 17.8 Å². The van der Waals surface area contributed by atoms with E-state index in [9.17, 15) is 4.79 Å². The summed E-state index contributed by atoms with van der Waals surface area (Å²) in [6, 6.07) is 4.11. The number of amides is 1. The number of hydrogen-bond donors (Lipinski definition) is 0. The number of aromatic nitrogens is 1. The predicted octanol–water partition coefficient (Wildman–Crippen LogP) is 3.71. The fourth-order valence-electron chi connectivity index (χ4n) is 4.74. The molecule has 1 aromatic rings. The second kappa shape index (κ2) is 7.03. The van der Waals surface area contributed by atoms with Crippen LogP contribution < -0.4 is 4.90 Å². The van der Waals surface area contributed by atoms with Crippen molar-refractivity contribution in [1.29, 1.82) is 0 Å².